The third-order valence-electron chi connectivity index (χ3n) is 7.43. The van der Waals surface area contributed by atoms with Gasteiger partial charge in [-0.1, -0.05) is 91.2 Å². The summed E-state index contributed by atoms with van der Waals surface area (Å²) in [7, 11) is -2.38. The molecule has 0 saturated carbocycles. The van der Waals surface area contributed by atoms with Crippen molar-refractivity contribution in [1.82, 2.24) is 19.8 Å². The average molecular weight is 611 g/mol. The first-order valence-corrected chi connectivity index (χ1v) is 18.9. The van der Waals surface area contributed by atoms with Gasteiger partial charge in [-0.15, -0.1) is 0 Å². The number of nitrogens with zero attached hydrogens (tertiary/aromatic N) is 2. The van der Waals surface area contributed by atoms with Crippen LogP contribution in [-0.2, 0) is 9.71 Å². The first-order chi connectivity index (χ1) is 20.1. The van der Waals surface area contributed by atoms with Gasteiger partial charge >= 0.3 is 0 Å². The van der Waals surface area contributed by atoms with E-state index in [4.69, 9.17) is 0 Å². The molecule has 3 N–H and O–H groups in total. The molecule has 1 saturated heterocycles. The van der Waals surface area contributed by atoms with Gasteiger partial charge in [-0.2, -0.15) is 0 Å². The molecule has 0 amide bonds. The molecule has 2 unspecified atom stereocenters. The van der Waals surface area contributed by atoms with Crippen LogP contribution in [0.5, 0.6) is 0 Å². The van der Waals surface area contributed by atoms with Gasteiger partial charge in [-0.05, 0) is 77.9 Å². The van der Waals surface area contributed by atoms with Gasteiger partial charge in [0.05, 0.1) is 6.54 Å². The predicted molar refractivity (Wildman–Crippen MR) is 192 cm³/mol. The van der Waals surface area contributed by atoms with Crippen molar-refractivity contribution in [1.29, 1.82) is 0 Å². The van der Waals surface area contributed by atoms with Gasteiger partial charge in [0.25, 0.3) is 0 Å². The van der Waals surface area contributed by atoms with E-state index in [1.807, 2.05) is 34.6 Å². The summed E-state index contributed by atoms with van der Waals surface area (Å²) in [6, 6.07) is 1.05. The molecule has 1 heterocycles. The predicted octanol–water partition coefficient (Wildman–Crippen LogP) is 7.86. The highest BCUT2D eigenvalue weighted by Gasteiger charge is 2.28. The lowest BCUT2D eigenvalue weighted by molar-refractivity contribution is 0.0719. The van der Waals surface area contributed by atoms with Crippen LogP contribution in [0.15, 0.2) is 46.9 Å². The molecule has 6 nitrogen and oxygen atoms in total. The number of hydrogen-bond donors (Lipinski definition) is 3. The quantitative estimate of drug-likeness (QED) is 0.0837. The summed E-state index contributed by atoms with van der Waals surface area (Å²) in [6.45, 7) is 26.8. The van der Waals surface area contributed by atoms with E-state index in [2.05, 4.69) is 72.5 Å². The Morgan fingerprint density at radius 1 is 1.10 bits per heavy atom. The monoisotopic (exact) mass is 611 g/mol. The number of rotatable bonds is 18. The van der Waals surface area contributed by atoms with Gasteiger partial charge < -0.3 is 15.1 Å². The molecule has 0 aromatic heterocycles. The van der Waals surface area contributed by atoms with Crippen LogP contribution in [0.4, 0.5) is 0 Å². The van der Waals surface area contributed by atoms with Crippen LogP contribution in [0.25, 0.3) is 0 Å². The Bertz CT molecular complexity index is 898. The molecular formula is C35H70N4O2S. The molecule has 0 aromatic rings. The number of aliphatic hydroxyl groups excluding tert-OH is 1. The van der Waals surface area contributed by atoms with Crippen LogP contribution in [0, 0.1) is 0 Å². The summed E-state index contributed by atoms with van der Waals surface area (Å²) in [6.07, 6.45) is 17.7. The van der Waals surface area contributed by atoms with E-state index in [1.54, 1.807) is 18.4 Å². The third kappa shape index (κ3) is 19.6. The highest BCUT2D eigenvalue weighted by atomic mass is 32.2. The molecule has 0 aliphatic carbocycles. The summed E-state index contributed by atoms with van der Waals surface area (Å²) in [5.74, 6) is 3.85. The fourth-order valence-electron chi connectivity index (χ4n) is 4.88. The second kappa shape index (κ2) is 25.9. The Labute approximate surface area is 262 Å². The standard InChI is InChI=1S/C31H58N4O2S.2C2H6/c1-9-14-19-35(29(13-5)23-32-24-31(36)22-28(12-4)33-38(7,8)37)30-17-20-34(21-18-30)25-27(11-3)16-15-26(6)10-2;2*1-2/h12,15-16,22,29-30,32,36H,7,9-11,13-14,17-21,23-25H2,1-6,8H3,(H,33,37);2*1-2H3/b26-15-,27-16+,28-12+,31-22+;;. The zero-order chi connectivity index (χ0) is 32.6. The zero-order valence-electron chi connectivity index (χ0n) is 29.5. The highest BCUT2D eigenvalue weighted by Crippen LogP contribution is 2.22. The fourth-order valence-corrected chi connectivity index (χ4v) is 5.55. The second-order valence-corrected chi connectivity index (χ2v) is 13.0. The first kappa shape index (κ1) is 42.6. The topological polar surface area (TPSA) is 67.8 Å². The maximum atomic E-state index is 11.9. The Morgan fingerprint density at radius 3 is 2.19 bits per heavy atom. The van der Waals surface area contributed by atoms with E-state index < -0.39 is 9.71 Å². The third-order valence-corrected chi connectivity index (χ3v) is 8.10. The van der Waals surface area contributed by atoms with Crippen molar-refractivity contribution in [2.24, 2.45) is 0 Å². The lowest BCUT2D eigenvalue weighted by Crippen LogP contribution is -2.52. The smallest absolute Gasteiger partial charge is 0.108 e. The second-order valence-electron chi connectivity index (χ2n) is 10.8. The molecular weight excluding hydrogens is 540 g/mol. The molecule has 1 fully saturated rings. The lowest BCUT2D eigenvalue weighted by atomic mass is 9.98. The zero-order valence-corrected chi connectivity index (χ0v) is 30.3. The van der Waals surface area contributed by atoms with Crippen molar-refractivity contribution in [3.8, 4) is 0 Å². The fraction of sp³-hybridized carbons (Fsp3) is 0.743. The SMILES string of the molecule is C=S(C)(=O)NC(/C=C(/O)CNCC(CC)N(CCCC)C1CCN(C/C(=C/C=C(/C)CC)CC)CC1)=C/C.CC.CC. The van der Waals surface area contributed by atoms with Crippen molar-refractivity contribution < 1.29 is 9.32 Å². The van der Waals surface area contributed by atoms with Gasteiger partial charge in [-0.25, -0.2) is 4.21 Å². The highest BCUT2D eigenvalue weighted by molar-refractivity contribution is 7.97. The average Bonchev–Trinajstić information content (AvgIpc) is 2.99. The van der Waals surface area contributed by atoms with E-state index in [9.17, 15) is 9.32 Å². The van der Waals surface area contributed by atoms with E-state index in [0.29, 0.717) is 24.3 Å². The minimum Gasteiger partial charge on any atom is -0.511 e. The van der Waals surface area contributed by atoms with Crippen LogP contribution < -0.4 is 10.0 Å². The van der Waals surface area contributed by atoms with Gasteiger partial charge in [0, 0.05) is 52.9 Å². The lowest BCUT2D eigenvalue weighted by Gasteiger charge is -2.42. The van der Waals surface area contributed by atoms with Crippen LogP contribution in [-0.4, -0.2) is 82.6 Å². The van der Waals surface area contributed by atoms with Crippen molar-refractivity contribution in [2.45, 2.75) is 126 Å². The molecule has 7 heteroatoms. The van der Waals surface area contributed by atoms with Crippen molar-refractivity contribution >= 4 is 15.6 Å². The molecule has 248 valence electrons. The molecule has 0 aromatic carbocycles. The summed E-state index contributed by atoms with van der Waals surface area (Å²) in [5, 5.41) is 13.9. The van der Waals surface area contributed by atoms with Crippen molar-refractivity contribution in [3.63, 3.8) is 0 Å². The molecule has 42 heavy (non-hydrogen) atoms. The van der Waals surface area contributed by atoms with E-state index >= 15 is 0 Å². The van der Waals surface area contributed by atoms with E-state index in [1.165, 1.54) is 36.8 Å². The maximum Gasteiger partial charge on any atom is 0.108 e. The number of hydrogen-bond acceptors (Lipinski definition) is 5. The molecule has 0 radical (unpaired) electrons. The van der Waals surface area contributed by atoms with Gasteiger partial charge in [0.2, 0.25) is 0 Å². The number of unbranched alkanes of at least 4 members (excludes halogenated alkanes) is 1. The molecule has 1 aliphatic rings. The summed E-state index contributed by atoms with van der Waals surface area (Å²) < 4.78 is 14.8. The molecule has 1 rings (SSSR count). The van der Waals surface area contributed by atoms with Crippen LogP contribution >= 0.6 is 0 Å². The van der Waals surface area contributed by atoms with Crippen LogP contribution in [0.2, 0.25) is 0 Å². The first-order valence-electron chi connectivity index (χ1n) is 16.8. The summed E-state index contributed by atoms with van der Waals surface area (Å²) in [4.78, 5) is 5.38. The van der Waals surface area contributed by atoms with Gasteiger partial charge in [0.1, 0.15) is 5.76 Å². The normalized spacial score (nSPS) is 18.0. The number of aliphatic hydroxyl groups is 1. The summed E-state index contributed by atoms with van der Waals surface area (Å²) in [5.41, 5.74) is 3.58. The van der Waals surface area contributed by atoms with Crippen LogP contribution in [0.3, 0.4) is 0 Å². The Balaban J connectivity index is 0. The van der Waals surface area contributed by atoms with E-state index in [0.717, 1.165) is 52.0 Å². The molecule has 1 aliphatic heterocycles. The minimum atomic E-state index is -2.38. The molecule has 2 atom stereocenters. The maximum absolute atomic E-state index is 11.9. The van der Waals surface area contributed by atoms with Crippen molar-refractivity contribution in [2.75, 3.05) is 45.5 Å². The van der Waals surface area contributed by atoms with E-state index in [-0.39, 0.29) is 5.76 Å². The van der Waals surface area contributed by atoms with Crippen molar-refractivity contribution in [3.05, 3.63) is 46.9 Å². The Morgan fingerprint density at radius 2 is 1.71 bits per heavy atom. The minimum absolute atomic E-state index is 0.223. The molecule has 0 bridgehead atoms. The Kier molecular flexibility index (Phi) is 26.3. The number of allylic oxidation sites excluding steroid dienone is 5. The number of nitrogens with one attached hydrogen (secondary N) is 2. The largest absolute Gasteiger partial charge is 0.511 e. The summed E-state index contributed by atoms with van der Waals surface area (Å²) >= 11 is 0. The number of piperidine rings is 1. The van der Waals surface area contributed by atoms with Crippen LogP contribution in [0.1, 0.15) is 114 Å². The molecule has 0 spiro atoms. The Hall–Kier alpha value is -1.54. The van der Waals surface area contributed by atoms with Gasteiger partial charge in [-0.3, -0.25) is 9.80 Å². The van der Waals surface area contributed by atoms with Gasteiger partial charge in [0.15, 0.2) is 0 Å². The number of likely N-dealkylation sites (tertiary alicyclic amines) is 1.